The van der Waals surface area contributed by atoms with Crippen molar-refractivity contribution in [1.29, 1.82) is 0 Å². The first-order valence-electron chi connectivity index (χ1n) is 8.25. The van der Waals surface area contributed by atoms with Gasteiger partial charge in [-0.3, -0.25) is 10.1 Å². The van der Waals surface area contributed by atoms with E-state index < -0.39 is 35.0 Å². The topological polar surface area (TPSA) is 69.7 Å². The SMILES string of the molecule is O=C(C1CC(F)(F)CN1)N1CCCN(S(=O)(=O)c2ccccc2)CC1. The lowest BCUT2D eigenvalue weighted by atomic mass is 10.1. The zero-order valence-electron chi connectivity index (χ0n) is 13.7. The smallest absolute Gasteiger partial charge is 0.262 e. The highest BCUT2D eigenvalue weighted by atomic mass is 32.2. The predicted octanol–water partition coefficient (Wildman–Crippen LogP) is 0.907. The molecule has 6 nitrogen and oxygen atoms in total. The van der Waals surface area contributed by atoms with Gasteiger partial charge in [-0.25, -0.2) is 17.2 Å². The molecule has 0 radical (unpaired) electrons. The Balaban J connectivity index is 1.66. The Hall–Kier alpha value is -1.58. The summed E-state index contributed by atoms with van der Waals surface area (Å²) in [6.45, 7) is 0.533. The van der Waals surface area contributed by atoms with E-state index in [1.165, 1.54) is 21.3 Å². The summed E-state index contributed by atoms with van der Waals surface area (Å²) >= 11 is 0. The van der Waals surface area contributed by atoms with Gasteiger partial charge in [0, 0.05) is 32.6 Å². The molecular weight excluding hydrogens is 352 g/mol. The molecule has 2 fully saturated rings. The lowest BCUT2D eigenvalue weighted by Crippen LogP contribution is -2.45. The fourth-order valence-electron chi connectivity index (χ4n) is 3.21. The Labute approximate surface area is 145 Å². The lowest BCUT2D eigenvalue weighted by Gasteiger charge is -2.24. The van der Waals surface area contributed by atoms with Crippen LogP contribution >= 0.6 is 0 Å². The van der Waals surface area contributed by atoms with E-state index in [0.29, 0.717) is 19.5 Å². The van der Waals surface area contributed by atoms with Crippen LogP contribution in [0.2, 0.25) is 0 Å². The second-order valence-corrected chi connectivity index (χ2v) is 8.33. The molecule has 25 heavy (non-hydrogen) atoms. The summed E-state index contributed by atoms with van der Waals surface area (Å²) in [6, 6.07) is 7.24. The molecule has 138 valence electrons. The highest BCUT2D eigenvalue weighted by molar-refractivity contribution is 7.89. The molecule has 0 bridgehead atoms. The molecule has 0 aromatic heterocycles. The van der Waals surface area contributed by atoms with Crippen LogP contribution in [0.25, 0.3) is 0 Å². The molecule has 1 amide bonds. The van der Waals surface area contributed by atoms with Gasteiger partial charge in [-0.05, 0) is 18.6 Å². The maximum atomic E-state index is 13.3. The third-order valence-corrected chi connectivity index (χ3v) is 6.47. The first-order valence-corrected chi connectivity index (χ1v) is 9.69. The number of sulfonamides is 1. The number of amides is 1. The summed E-state index contributed by atoms with van der Waals surface area (Å²) in [6.07, 6.45) is -0.0325. The zero-order chi connectivity index (χ0) is 18.1. The second kappa shape index (κ2) is 6.97. The molecule has 2 saturated heterocycles. The third-order valence-electron chi connectivity index (χ3n) is 4.56. The van der Waals surface area contributed by atoms with E-state index in [1.54, 1.807) is 18.2 Å². The molecule has 0 spiro atoms. The van der Waals surface area contributed by atoms with Gasteiger partial charge in [0.2, 0.25) is 15.9 Å². The number of nitrogens with one attached hydrogen (secondary N) is 1. The van der Waals surface area contributed by atoms with Crippen molar-refractivity contribution in [1.82, 2.24) is 14.5 Å². The van der Waals surface area contributed by atoms with Crippen molar-refractivity contribution in [3.8, 4) is 0 Å². The summed E-state index contributed by atoms with van der Waals surface area (Å²) < 4.78 is 53.3. The summed E-state index contributed by atoms with van der Waals surface area (Å²) in [5.41, 5.74) is 0. The number of carbonyl (C=O) groups excluding carboxylic acids is 1. The average molecular weight is 373 g/mol. The van der Waals surface area contributed by atoms with Crippen molar-refractivity contribution in [2.24, 2.45) is 0 Å². The second-order valence-electron chi connectivity index (χ2n) is 6.39. The van der Waals surface area contributed by atoms with Crippen LogP contribution in [0.1, 0.15) is 12.8 Å². The molecule has 1 atom stereocenters. The Kier molecular flexibility index (Phi) is 5.08. The number of halogens is 2. The first kappa shape index (κ1) is 18.2. The van der Waals surface area contributed by atoms with E-state index in [4.69, 9.17) is 0 Å². The van der Waals surface area contributed by atoms with Crippen LogP contribution < -0.4 is 5.32 Å². The third kappa shape index (κ3) is 3.99. The quantitative estimate of drug-likeness (QED) is 0.855. The van der Waals surface area contributed by atoms with Crippen LogP contribution in [0, 0.1) is 0 Å². The van der Waals surface area contributed by atoms with Crippen LogP contribution in [-0.2, 0) is 14.8 Å². The minimum Gasteiger partial charge on any atom is -0.340 e. The Morgan fingerprint density at radius 1 is 1.12 bits per heavy atom. The van der Waals surface area contributed by atoms with E-state index in [-0.39, 0.29) is 23.9 Å². The van der Waals surface area contributed by atoms with E-state index in [2.05, 4.69) is 5.32 Å². The van der Waals surface area contributed by atoms with Crippen LogP contribution in [0.3, 0.4) is 0 Å². The molecule has 0 aliphatic carbocycles. The molecule has 1 N–H and O–H groups in total. The molecule has 2 heterocycles. The van der Waals surface area contributed by atoms with Crippen molar-refractivity contribution in [2.45, 2.75) is 29.7 Å². The fraction of sp³-hybridized carbons (Fsp3) is 0.562. The molecule has 2 aliphatic rings. The number of alkyl halides is 2. The minimum atomic E-state index is -3.61. The highest BCUT2D eigenvalue weighted by Crippen LogP contribution is 2.26. The lowest BCUT2D eigenvalue weighted by molar-refractivity contribution is -0.133. The highest BCUT2D eigenvalue weighted by Gasteiger charge is 2.43. The number of rotatable bonds is 3. The van der Waals surface area contributed by atoms with Gasteiger partial charge in [-0.15, -0.1) is 0 Å². The average Bonchev–Trinajstić information content (AvgIpc) is 2.80. The van der Waals surface area contributed by atoms with Crippen LogP contribution in [0.15, 0.2) is 35.2 Å². The molecular formula is C16H21F2N3O3S. The minimum absolute atomic E-state index is 0.159. The Bertz CT molecular complexity index is 727. The van der Waals surface area contributed by atoms with Crippen molar-refractivity contribution < 1.29 is 22.0 Å². The fourth-order valence-corrected chi connectivity index (χ4v) is 4.70. The summed E-state index contributed by atoms with van der Waals surface area (Å²) in [5, 5.41) is 2.56. The van der Waals surface area contributed by atoms with Gasteiger partial charge in [-0.1, -0.05) is 18.2 Å². The van der Waals surface area contributed by atoms with Crippen LogP contribution in [-0.4, -0.2) is 68.2 Å². The van der Waals surface area contributed by atoms with Crippen molar-refractivity contribution in [2.75, 3.05) is 32.7 Å². The number of benzene rings is 1. The molecule has 3 rings (SSSR count). The van der Waals surface area contributed by atoms with Gasteiger partial charge in [-0.2, -0.15) is 4.31 Å². The maximum absolute atomic E-state index is 13.3. The van der Waals surface area contributed by atoms with Gasteiger partial charge in [0.05, 0.1) is 17.5 Å². The van der Waals surface area contributed by atoms with Gasteiger partial charge in [0.15, 0.2) is 0 Å². The summed E-state index contributed by atoms with van der Waals surface area (Å²) in [4.78, 5) is 14.1. The van der Waals surface area contributed by atoms with Crippen LogP contribution in [0.5, 0.6) is 0 Å². The molecule has 1 unspecified atom stereocenters. The van der Waals surface area contributed by atoms with Crippen LogP contribution in [0.4, 0.5) is 8.78 Å². The monoisotopic (exact) mass is 373 g/mol. The predicted molar refractivity (Wildman–Crippen MR) is 87.8 cm³/mol. The standard InChI is InChI=1S/C16H21F2N3O3S/c17-16(18)11-14(19-12-16)15(22)20-7-4-8-21(10-9-20)25(23,24)13-5-2-1-3-6-13/h1-3,5-6,14,19H,4,7-12H2. The Morgan fingerprint density at radius 2 is 1.84 bits per heavy atom. The normalized spacial score (nSPS) is 24.9. The van der Waals surface area contributed by atoms with Gasteiger partial charge in [0.1, 0.15) is 0 Å². The largest absolute Gasteiger partial charge is 0.340 e. The van der Waals surface area contributed by atoms with Crippen molar-refractivity contribution >= 4 is 15.9 Å². The van der Waals surface area contributed by atoms with Gasteiger partial charge >= 0.3 is 0 Å². The first-order chi connectivity index (χ1) is 11.8. The summed E-state index contributed by atoms with van der Waals surface area (Å²) in [5.74, 6) is -3.24. The molecule has 9 heteroatoms. The van der Waals surface area contributed by atoms with E-state index in [1.807, 2.05) is 0 Å². The molecule has 2 aliphatic heterocycles. The number of nitrogens with zero attached hydrogens (tertiary/aromatic N) is 2. The van der Waals surface area contributed by atoms with Crippen molar-refractivity contribution in [3.05, 3.63) is 30.3 Å². The number of hydrogen-bond donors (Lipinski definition) is 1. The summed E-state index contributed by atoms with van der Waals surface area (Å²) in [7, 11) is -3.61. The molecule has 1 aromatic rings. The van der Waals surface area contributed by atoms with Gasteiger partial charge in [0.25, 0.3) is 5.92 Å². The molecule has 0 saturated carbocycles. The van der Waals surface area contributed by atoms with Gasteiger partial charge < -0.3 is 4.90 Å². The number of hydrogen-bond acceptors (Lipinski definition) is 4. The zero-order valence-corrected chi connectivity index (χ0v) is 14.5. The Morgan fingerprint density at radius 3 is 2.48 bits per heavy atom. The maximum Gasteiger partial charge on any atom is 0.262 e. The van der Waals surface area contributed by atoms with E-state index in [9.17, 15) is 22.0 Å². The van der Waals surface area contributed by atoms with Crippen molar-refractivity contribution in [3.63, 3.8) is 0 Å². The van der Waals surface area contributed by atoms with E-state index >= 15 is 0 Å². The van der Waals surface area contributed by atoms with E-state index in [0.717, 1.165) is 0 Å². The number of carbonyl (C=O) groups is 1. The molecule has 1 aromatic carbocycles.